The van der Waals surface area contributed by atoms with Crippen LogP contribution in [0.2, 0.25) is 0 Å². The van der Waals surface area contributed by atoms with Gasteiger partial charge < -0.3 is 9.47 Å². The molecule has 130 valence electrons. The van der Waals surface area contributed by atoms with Crippen molar-refractivity contribution >= 4 is 11.9 Å². The minimum Gasteiger partial charge on any atom is -0.458 e. The van der Waals surface area contributed by atoms with E-state index in [0.717, 1.165) is 0 Å². The number of hydrogen-bond acceptors (Lipinski definition) is 4. The van der Waals surface area contributed by atoms with Gasteiger partial charge in [0.1, 0.15) is 13.2 Å². The molecule has 0 fully saturated rings. The molecule has 0 amide bonds. The number of carbonyl (C=O) groups excluding carboxylic acids is 2. The van der Waals surface area contributed by atoms with Crippen molar-refractivity contribution in [1.82, 2.24) is 0 Å². The van der Waals surface area contributed by atoms with Crippen LogP contribution in [-0.4, -0.2) is 37.5 Å². The van der Waals surface area contributed by atoms with Crippen LogP contribution in [0.3, 0.4) is 0 Å². The standard InChI is InChI=1S/C13H12F6O4/c1-2-8-3-4-11(5-8,6-22-9(20)12(14,15)16)7-23-10(21)13(17,18)19/h2-3H,1,4-7H2. The van der Waals surface area contributed by atoms with Crippen LogP contribution >= 0.6 is 0 Å². The van der Waals surface area contributed by atoms with Gasteiger partial charge in [-0.1, -0.05) is 24.3 Å². The average Bonchev–Trinajstić information content (AvgIpc) is 2.84. The summed E-state index contributed by atoms with van der Waals surface area (Å²) in [7, 11) is 0. The fourth-order valence-corrected chi connectivity index (χ4v) is 1.94. The highest BCUT2D eigenvalue weighted by Crippen LogP contribution is 2.39. The molecule has 0 radical (unpaired) electrons. The molecular formula is C13H12F6O4. The topological polar surface area (TPSA) is 52.6 Å². The first kappa shape index (κ1) is 19.0. The fourth-order valence-electron chi connectivity index (χ4n) is 1.94. The third-order valence-electron chi connectivity index (χ3n) is 3.12. The summed E-state index contributed by atoms with van der Waals surface area (Å²) in [5, 5.41) is 0. The van der Waals surface area contributed by atoms with Crippen LogP contribution in [-0.2, 0) is 19.1 Å². The minimum atomic E-state index is -5.23. The maximum absolute atomic E-state index is 12.1. The molecule has 0 heterocycles. The fraction of sp³-hybridized carbons (Fsp3) is 0.538. The number of halogens is 6. The Bertz CT molecular complexity index is 488. The first-order chi connectivity index (χ1) is 10.4. The highest BCUT2D eigenvalue weighted by Gasteiger charge is 2.46. The second-order valence-corrected chi connectivity index (χ2v) is 5.01. The second kappa shape index (κ2) is 6.63. The zero-order valence-corrected chi connectivity index (χ0v) is 11.6. The van der Waals surface area contributed by atoms with E-state index in [0.29, 0.717) is 5.57 Å². The lowest BCUT2D eigenvalue weighted by Gasteiger charge is -2.28. The van der Waals surface area contributed by atoms with Gasteiger partial charge in [0.2, 0.25) is 0 Å². The van der Waals surface area contributed by atoms with Gasteiger partial charge in [0, 0.05) is 5.41 Å². The zero-order chi connectivity index (χ0) is 17.9. The van der Waals surface area contributed by atoms with E-state index in [-0.39, 0.29) is 12.8 Å². The minimum absolute atomic E-state index is 0.0232. The molecule has 0 aliphatic heterocycles. The second-order valence-electron chi connectivity index (χ2n) is 5.01. The molecule has 0 atom stereocenters. The van der Waals surface area contributed by atoms with E-state index in [4.69, 9.17) is 0 Å². The lowest BCUT2D eigenvalue weighted by molar-refractivity contribution is -0.209. The smallest absolute Gasteiger partial charge is 0.458 e. The third-order valence-corrected chi connectivity index (χ3v) is 3.12. The van der Waals surface area contributed by atoms with Crippen molar-refractivity contribution in [3.63, 3.8) is 0 Å². The summed E-state index contributed by atoms with van der Waals surface area (Å²) >= 11 is 0. The van der Waals surface area contributed by atoms with E-state index >= 15 is 0 Å². The molecule has 0 N–H and O–H groups in total. The lowest BCUT2D eigenvalue weighted by atomic mass is 9.86. The predicted molar refractivity (Wildman–Crippen MR) is 64.0 cm³/mol. The lowest BCUT2D eigenvalue weighted by Crippen LogP contribution is -2.37. The summed E-state index contributed by atoms with van der Waals surface area (Å²) in [5.41, 5.74) is -0.846. The third kappa shape index (κ3) is 5.29. The summed E-state index contributed by atoms with van der Waals surface area (Å²) < 4.78 is 80.9. The van der Waals surface area contributed by atoms with Gasteiger partial charge in [0.25, 0.3) is 0 Å². The highest BCUT2D eigenvalue weighted by molar-refractivity contribution is 5.76. The molecule has 0 spiro atoms. The maximum Gasteiger partial charge on any atom is 0.490 e. The van der Waals surface area contributed by atoms with E-state index in [1.807, 2.05) is 0 Å². The largest absolute Gasteiger partial charge is 0.490 e. The summed E-state index contributed by atoms with van der Waals surface area (Å²) in [6, 6.07) is 0. The van der Waals surface area contributed by atoms with Crippen LogP contribution in [0.4, 0.5) is 26.3 Å². The quantitative estimate of drug-likeness (QED) is 0.567. The molecule has 1 aliphatic rings. The molecule has 0 aromatic heterocycles. The Morgan fingerprint density at radius 3 is 1.83 bits per heavy atom. The molecule has 23 heavy (non-hydrogen) atoms. The number of alkyl halides is 6. The Morgan fingerprint density at radius 2 is 1.52 bits per heavy atom. The van der Waals surface area contributed by atoms with E-state index in [1.165, 1.54) is 12.2 Å². The van der Waals surface area contributed by atoms with Gasteiger partial charge in [-0.3, -0.25) is 0 Å². The van der Waals surface area contributed by atoms with Gasteiger partial charge in [-0.25, -0.2) is 9.59 Å². The van der Waals surface area contributed by atoms with Crippen LogP contribution in [0, 0.1) is 5.41 Å². The Morgan fingerprint density at radius 1 is 1.09 bits per heavy atom. The van der Waals surface area contributed by atoms with E-state index in [1.54, 1.807) is 0 Å². The highest BCUT2D eigenvalue weighted by atomic mass is 19.4. The normalized spacial score (nSPS) is 17.4. The van der Waals surface area contributed by atoms with Crippen LogP contribution < -0.4 is 0 Å². The molecule has 0 aromatic carbocycles. The number of rotatable bonds is 5. The Balaban J connectivity index is 2.75. The van der Waals surface area contributed by atoms with Crippen molar-refractivity contribution in [2.45, 2.75) is 25.2 Å². The molecule has 0 unspecified atom stereocenters. The summed E-state index contributed by atoms with van der Waals surface area (Å²) in [5.74, 6) is -4.93. The molecule has 1 aliphatic carbocycles. The van der Waals surface area contributed by atoms with Gasteiger partial charge >= 0.3 is 24.3 Å². The Hall–Kier alpha value is -2.00. The molecule has 0 saturated heterocycles. The summed E-state index contributed by atoms with van der Waals surface area (Å²) in [4.78, 5) is 21.5. The molecule has 1 rings (SSSR count). The van der Waals surface area contributed by atoms with Gasteiger partial charge in [-0.15, -0.1) is 0 Å². The van der Waals surface area contributed by atoms with Crippen LogP contribution in [0.15, 0.2) is 24.3 Å². The number of hydrogen-bond donors (Lipinski definition) is 0. The van der Waals surface area contributed by atoms with Gasteiger partial charge in [-0.05, 0) is 12.8 Å². The SMILES string of the molecule is C=CC1=CCC(COC(=O)C(F)(F)F)(COC(=O)C(F)(F)F)C1. The van der Waals surface area contributed by atoms with Crippen LogP contribution in [0.1, 0.15) is 12.8 Å². The molecule has 10 heteroatoms. The van der Waals surface area contributed by atoms with Crippen LogP contribution in [0.5, 0.6) is 0 Å². The molecular weight excluding hydrogens is 334 g/mol. The van der Waals surface area contributed by atoms with Crippen molar-refractivity contribution in [2.24, 2.45) is 5.41 Å². The maximum atomic E-state index is 12.1. The number of esters is 2. The van der Waals surface area contributed by atoms with Crippen LogP contribution in [0.25, 0.3) is 0 Å². The first-order valence-corrected chi connectivity index (χ1v) is 6.19. The summed E-state index contributed by atoms with van der Waals surface area (Å²) in [6.07, 6.45) is -7.64. The van der Waals surface area contributed by atoms with Crippen molar-refractivity contribution in [3.8, 4) is 0 Å². The molecule has 0 saturated carbocycles. The van der Waals surface area contributed by atoms with E-state index in [9.17, 15) is 35.9 Å². The Labute approximate surface area is 126 Å². The van der Waals surface area contributed by atoms with Gasteiger partial charge in [0.15, 0.2) is 0 Å². The van der Waals surface area contributed by atoms with Crippen molar-refractivity contribution in [3.05, 3.63) is 24.3 Å². The number of carbonyl (C=O) groups is 2. The zero-order valence-electron chi connectivity index (χ0n) is 11.6. The molecule has 0 bridgehead atoms. The number of allylic oxidation sites excluding steroid dienone is 3. The molecule has 4 nitrogen and oxygen atoms in total. The summed E-state index contributed by atoms with van der Waals surface area (Å²) in [6.45, 7) is 1.75. The van der Waals surface area contributed by atoms with E-state index < -0.39 is 42.9 Å². The Kier molecular flexibility index (Phi) is 5.49. The van der Waals surface area contributed by atoms with Crippen molar-refractivity contribution in [1.29, 1.82) is 0 Å². The monoisotopic (exact) mass is 346 g/mol. The average molecular weight is 346 g/mol. The predicted octanol–water partition coefficient (Wildman–Crippen LogP) is 3.09. The van der Waals surface area contributed by atoms with E-state index in [2.05, 4.69) is 16.1 Å². The van der Waals surface area contributed by atoms with Gasteiger partial charge in [0.05, 0.1) is 0 Å². The molecule has 0 aromatic rings. The number of ether oxygens (including phenoxy) is 2. The van der Waals surface area contributed by atoms with Crippen molar-refractivity contribution < 1.29 is 45.4 Å². The van der Waals surface area contributed by atoms with Gasteiger partial charge in [-0.2, -0.15) is 26.3 Å². The van der Waals surface area contributed by atoms with Crippen molar-refractivity contribution in [2.75, 3.05) is 13.2 Å². The first-order valence-electron chi connectivity index (χ1n) is 6.19.